The highest BCUT2D eigenvalue weighted by molar-refractivity contribution is 6.30. The number of aliphatic hydroxyl groups is 1. The average Bonchev–Trinajstić information content (AvgIpc) is 2.23. The van der Waals surface area contributed by atoms with E-state index in [1.807, 2.05) is 20.2 Å². The van der Waals surface area contributed by atoms with Crippen molar-refractivity contribution >= 4 is 11.6 Å². The maximum atomic E-state index is 9.58. The molecule has 16 heavy (non-hydrogen) atoms. The molecule has 1 aromatic carbocycles. The Balaban J connectivity index is 2.28. The maximum Gasteiger partial charge on any atom is 0.120 e. The first-order chi connectivity index (χ1) is 7.58. The number of hydrazine groups is 1. The Kier molecular flexibility index (Phi) is 5.55. The number of ether oxygens (including phenoxy) is 1. The summed E-state index contributed by atoms with van der Waals surface area (Å²) in [6.07, 6.45) is -0.554. The average molecular weight is 245 g/mol. The molecule has 1 aromatic rings. The van der Waals surface area contributed by atoms with Gasteiger partial charge in [0.15, 0.2) is 0 Å². The van der Waals surface area contributed by atoms with Gasteiger partial charge >= 0.3 is 0 Å². The molecule has 1 atom stereocenters. The molecule has 90 valence electrons. The second-order valence-corrected chi connectivity index (χ2v) is 4.12. The van der Waals surface area contributed by atoms with Crippen molar-refractivity contribution in [2.45, 2.75) is 6.10 Å². The molecule has 0 aliphatic carbocycles. The van der Waals surface area contributed by atoms with Crippen LogP contribution < -0.4 is 10.2 Å². The Hall–Kier alpha value is -0.810. The Morgan fingerprint density at radius 3 is 2.88 bits per heavy atom. The predicted molar refractivity (Wildman–Crippen MR) is 64.6 cm³/mol. The highest BCUT2D eigenvalue weighted by Gasteiger charge is 2.05. The van der Waals surface area contributed by atoms with Crippen LogP contribution in [0.3, 0.4) is 0 Å². The molecule has 1 rings (SSSR count). The molecule has 0 aromatic heterocycles. The molecule has 0 saturated carbocycles. The fourth-order valence-corrected chi connectivity index (χ4v) is 1.28. The van der Waals surface area contributed by atoms with Gasteiger partial charge < -0.3 is 9.84 Å². The zero-order valence-electron chi connectivity index (χ0n) is 9.48. The number of nitrogens with one attached hydrogen (secondary N) is 1. The largest absolute Gasteiger partial charge is 0.491 e. The van der Waals surface area contributed by atoms with Gasteiger partial charge in [-0.25, -0.2) is 0 Å². The van der Waals surface area contributed by atoms with Crippen LogP contribution in [0.4, 0.5) is 0 Å². The molecule has 0 aliphatic rings. The first kappa shape index (κ1) is 13.3. The molecule has 0 aliphatic heterocycles. The second kappa shape index (κ2) is 6.70. The van der Waals surface area contributed by atoms with Crippen molar-refractivity contribution in [2.75, 3.05) is 27.2 Å². The SMILES string of the molecule is CN(C)NCC(O)COc1cccc(Cl)c1. The highest BCUT2D eigenvalue weighted by atomic mass is 35.5. The molecular formula is C11H17ClN2O2. The van der Waals surface area contributed by atoms with E-state index in [9.17, 15) is 5.11 Å². The van der Waals surface area contributed by atoms with Gasteiger partial charge in [-0.1, -0.05) is 17.7 Å². The van der Waals surface area contributed by atoms with Crippen molar-refractivity contribution in [1.82, 2.24) is 10.4 Å². The lowest BCUT2D eigenvalue weighted by molar-refractivity contribution is 0.0884. The van der Waals surface area contributed by atoms with Crippen LogP contribution in [0.2, 0.25) is 5.02 Å². The molecule has 0 saturated heterocycles. The number of aliphatic hydroxyl groups excluding tert-OH is 1. The number of benzene rings is 1. The fourth-order valence-electron chi connectivity index (χ4n) is 1.10. The van der Waals surface area contributed by atoms with E-state index in [0.717, 1.165) is 0 Å². The molecule has 2 N–H and O–H groups in total. The minimum Gasteiger partial charge on any atom is -0.491 e. The smallest absolute Gasteiger partial charge is 0.120 e. The van der Waals surface area contributed by atoms with Gasteiger partial charge in [0, 0.05) is 25.7 Å². The van der Waals surface area contributed by atoms with Crippen molar-refractivity contribution < 1.29 is 9.84 Å². The number of nitrogens with zero attached hydrogens (tertiary/aromatic N) is 1. The van der Waals surface area contributed by atoms with E-state index in [4.69, 9.17) is 16.3 Å². The van der Waals surface area contributed by atoms with Crippen LogP contribution in [0, 0.1) is 0 Å². The summed E-state index contributed by atoms with van der Waals surface area (Å²) in [6.45, 7) is 0.689. The maximum absolute atomic E-state index is 9.58. The molecule has 0 fully saturated rings. The Labute approximate surface area is 101 Å². The Morgan fingerprint density at radius 2 is 2.25 bits per heavy atom. The van der Waals surface area contributed by atoms with Crippen LogP contribution in [-0.4, -0.2) is 43.5 Å². The summed E-state index contributed by atoms with van der Waals surface area (Å²) in [5.74, 6) is 0.663. The summed E-state index contributed by atoms with van der Waals surface area (Å²) in [4.78, 5) is 0. The van der Waals surface area contributed by atoms with Crippen molar-refractivity contribution in [3.8, 4) is 5.75 Å². The molecule has 1 unspecified atom stereocenters. The van der Waals surface area contributed by atoms with E-state index in [1.165, 1.54) is 0 Å². The van der Waals surface area contributed by atoms with E-state index in [-0.39, 0.29) is 6.61 Å². The van der Waals surface area contributed by atoms with Crippen molar-refractivity contribution in [1.29, 1.82) is 0 Å². The topological polar surface area (TPSA) is 44.7 Å². The van der Waals surface area contributed by atoms with Crippen LogP contribution in [0.1, 0.15) is 0 Å². The Bertz CT molecular complexity index is 321. The van der Waals surface area contributed by atoms with Gasteiger partial charge in [0.2, 0.25) is 0 Å². The standard InChI is InChI=1S/C11H17ClN2O2/c1-14(2)13-7-10(15)8-16-11-5-3-4-9(12)6-11/h3-6,10,13,15H,7-8H2,1-2H3. The first-order valence-electron chi connectivity index (χ1n) is 5.05. The normalized spacial score (nSPS) is 12.8. The Morgan fingerprint density at radius 1 is 1.50 bits per heavy atom. The minimum absolute atomic E-state index is 0.237. The fraction of sp³-hybridized carbons (Fsp3) is 0.455. The quantitative estimate of drug-likeness (QED) is 0.737. The number of hydrogen-bond acceptors (Lipinski definition) is 4. The van der Waals surface area contributed by atoms with E-state index in [0.29, 0.717) is 17.3 Å². The van der Waals surface area contributed by atoms with E-state index in [1.54, 1.807) is 23.2 Å². The molecule has 0 spiro atoms. The van der Waals surface area contributed by atoms with Crippen molar-refractivity contribution in [3.63, 3.8) is 0 Å². The predicted octanol–water partition coefficient (Wildman–Crippen LogP) is 1.15. The highest BCUT2D eigenvalue weighted by Crippen LogP contribution is 2.16. The number of rotatable bonds is 6. The van der Waals surface area contributed by atoms with Crippen LogP contribution in [0.25, 0.3) is 0 Å². The zero-order valence-corrected chi connectivity index (χ0v) is 10.2. The summed E-state index contributed by atoms with van der Waals surface area (Å²) < 4.78 is 5.39. The lowest BCUT2D eigenvalue weighted by atomic mass is 10.3. The third kappa shape index (κ3) is 5.32. The van der Waals surface area contributed by atoms with Gasteiger partial charge in [-0.15, -0.1) is 0 Å². The molecule has 0 amide bonds. The first-order valence-corrected chi connectivity index (χ1v) is 5.43. The summed E-state index contributed by atoms with van der Waals surface area (Å²) >= 11 is 5.80. The third-order valence-corrected chi connectivity index (χ3v) is 2.12. The molecule has 4 nitrogen and oxygen atoms in total. The number of halogens is 1. The van der Waals surface area contributed by atoms with Crippen molar-refractivity contribution in [2.24, 2.45) is 0 Å². The van der Waals surface area contributed by atoms with Gasteiger partial charge in [0.25, 0.3) is 0 Å². The summed E-state index contributed by atoms with van der Waals surface area (Å²) in [5, 5.41) is 12.0. The van der Waals surface area contributed by atoms with Gasteiger partial charge in [0.05, 0.1) is 0 Å². The monoisotopic (exact) mass is 244 g/mol. The summed E-state index contributed by atoms with van der Waals surface area (Å²) in [7, 11) is 3.73. The number of hydrogen-bond donors (Lipinski definition) is 2. The summed E-state index contributed by atoms with van der Waals surface area (Å²) in [6, 6.07) is 7.10. The third-order valence-electron chi connectivity index (χ3n) is 1.88. The lowest BCUT2D eigenvalue weighted by Gasteiger charge is -2.16. The van der Waals surface area contributed by atoms with E-state index in [2.05, 4.69) is 5.43 Å². The zero-order chi connectivity index (χ0) is 12.0. The van der Waals surface area contributed by atoms with Crippen LogP contribution in [0.15, 0.2) is 24.3 Å². The molecular weight excluding hydrogens is 228 g/mol. The van der Waals surface area contributed by atoms with Gasteiger partial charge in [-0.3, -0.25) is 10.4 Å². The van der Waals surface area contributed by atoms with Crippen LogP contribution in [0.5, 0.6) is 5.75 Å². The lowest BCUT2D eigenvalue weighted by Crippen LogP contribution is -2.39. The van der Waals surface area contributed by atoms with Crippen LogP contribution in [-0.2, 0) is 0 Å². The molecule has 0 bridgehead atoms. The minimum atomic E-state index is -0.554. The van der Waals surface area contributed by atoms with Gasteiger partial charge in [-0.05, 0) is 18.2 Å². The molecule has 5 heteroatoms. The molecule has 0 radical (unpaired) electrons. The second-order valence-electron chi connectivity index (χ2n) is 3.68. The van der Waals surface area contributed by atoms with Gasteiger partial charge in [-0.2, -0.15) is 0 Å². The summed E-state index contributed by atoms with van der Waals surface area (Å²) in [5.41, 5.74) is 2.97. The van der Waals surface area contributed by atoms with E-state index >= 15 is 0 Å². The van der Waals surface area contributed by atoms with E-state index < -0.39 is 6.10 Å². The van der Waals surface area contributed by atoms with Crippen molar-refractivity contribution in [3.05, 3.63) is 29.3 Å². The van der Waals surface area contributed by atoms with Gasteiger partial charge in [0.1, 0.15) is 18.5 Å². The molecule has 0 heterocycles. The van der Waals surface area contributed by atoms with Crippen LogP contribution >= 0.6 is 11.6 Å².